The number of halogens is 2. The molecule has 1 fully saturated rings. The van der Waals surface area contributed by atoms with Gasteiger partial charge in [-0.05, 0) is 0 Å². The molecule has 14 heteroatoms. The molecule has 0 unspecified atom stereocenters. The Balaban J connectivity index is 2.71. The number of hydrogen-bond acceptors (Lipinski definition) is 6. The third-order valence-electron chi connectivity index (χ3n) is 2.74. The zero-order chi connectivity index (χ0) is 16.6. The molecule has 0 aromatic heterocycles. The summed E-state index contributed by atoms with van der Waals surface area (Å²) in [6.07, 6.45) is -8.69. The van der Waals surface area contributed by atoms with Gasteiger partial charge in [0.1, 0.15) is 18.3 Å². The molecule has 6 N–H and O–H groups in total. The molecule has 0 bridgehead atoms. The molecule has 4 atom stereocenters. The molecule has 1 rings (SSSR count). The van der Waals surface area contributed by atoms with E-state index in [1.165, 1.54) is 0 Å². The minimum atomic E-state index is -5.79. The number of hydrogen-bond donors (Lipinski definition) is 6. The highest BCUT2D eigenvalue weighted by Crippen LogP contribution is 2.56. The van der Waals surface area contributed by atoms with Gasteiger partial charge in [0.05, 0.1) is 19.1 Å². The number of phosphoric ester groups is 1. The van der Waals surface area contributed by atoms with Crippen LogP contribution in [-0.4, -0.2) is 66.5 Å². The first-order valence-electron chi connectivity index (χ1n) is 5.40. The Morgan fingerprint density at radius 3 is 1.95 bits per heavy atom. The first kappa shape index (κ1) is 19.0. The Bertz CT molecular complexity index is 460. The summed E-state index contributed by atoms with van der Waals surface area (Å²) in [6.45, 7) is -0.902. The maximum atomic E-state index is 13.2. The van der Waals surface area contributed by atoms with E-state index in [-0.39, 0.29) is 0 Å². The summed E-state index contributed by atoms with van der Waals surface area (Å²) >= 11 is 0. The summed E-state index contributed by atoms with van der Waals surface area (Å²) in [7, 11) is -10.7. The molecule has 10 nitrogen and oxygen atoms in total. The zero-order valence-electron chi connectivity index (χ0n) is 10.2. The Morgan fingerprint density at radius 2 is 1.52 bits per heavy atom. The standard InChI is InChI=1S/C7H14F2O10P2/c8-7(9,20(12,13)14)1-3-5(10)6(11)4(19-3)2-18-21(15,16)17/h3-6,10-11H,1-2H2,(H2,12,13,14)(H2,15,16,17)/t3-,4-,5-,6-/m1/s1. The van der Waals surface area contributed by atoms with Gasteiger partial charge in [-0.2, -0.15) is 8.78 Å². The van der Waals surface area contributed by atoms with Crippen LogP contribution in [0.15, 0.2) is 0 Å². The van der Waals surface area contributed by atoms with Crippen molar-refractivity contribution in [3.8, 4) is 0 Å². The molecule has 1 heterocycles. The van der Waals surface area contributed by atoms with Crippen molar-refractivity contribution in [1.29, 1.82) is 0 Å². The molecular weight excluding hydrogens is 344 g/mol. The van der Waals surface area contributed by atoms with Crippen molar-refractivity contribution in [2.24, 2.45) is 0 Å². The van der Waals surface area contributed by atoms with Gasteiger partial charge in [0.25, 0.3) is 0 Å². The average molecular weight is 358 g/mol. The van der Waals surface area contributed by atoms with Crippen molar-refractivity contribution < 1.29 is 57.0 Å². The summed E-state index contributed by atoms with van der Waals surface area (Å²) in [4.78, 5) is 33.8. The third-order valence-corrected chi connectivity index (χ3v) is 4.26. The van der Waals surface area contributed by atoms with Gasteiger partial charge >= 0.3 is 21.1 Å². The van der Waals surface area contributed by atoms with Gasteiger partial charge in [0, 0.05) is 0 Å². The average Bonchev–Trinajstić information content (AvgIpc) is 2.52. The molecule has 0 amide bonds. The molecule has 0 spiro atoms. The number of alkyl halides is 2. The van der Waals surface area contributed by atoms with E-state index in [2.05, 4.69) is 4.52 Å². The van der Waals surface area contributed by atoms with Crippen molar-refractivity contribution in [1.82, 2.24) is 0 Å². The first-order valence-corrected chi connectivity index (χ1v) is 8.54. The topological polar surface area (TPSA) is 174 Å². The van der Waals surface area contributed by atoms with Gasteiger partial charge in [0.2, 0.25) is 0 Å². The molecule has 0 saturated carbocycles. The molecule has 0 radical (unpaired) electrons. The van der Waals surface area contributed by atoms with Gasteiger partial charge in [-0.15, -0.1) is 0 Å². The maximum Gasteiger partial charge on any atom is 0.469 e. The fourth-order valence-electron chi connectivity index (χ4n) is 1.66. The minimum Gasteiger partial charge on any atom is -0.388 e. The lowest BCUT2D eigenvalue weighted by Crippen LogP contribution is -2.36. The third kappa shape index (κ3) is 5.00. The molecular formula is C7H14F2O10P2. The minimum absolute atomic E-state index is 0.902. The van der Waals surface area contributed by atoms with E-state index in [4.69, 9.17) is 24.3 Å². The number of rotatable bonds is 6. The zero-order valence-corrected chi connectivity index (χ0v) is 12.0. The van der Waals surface area contributed by atoms with Crippen LogP contribution < -0.4 is 0 Å². The molecule has 0 aromatic rings. The van der Waals surface area contributed by atoms with E-state index in [1.54, 1.807) is 0 Å². The van der Waals surface area contributed by atoms with Crippen molar-refractivity contribution in [2.75, 3.05) is 6.61 Å². The number of aliphatic hydroxyl groups excluding tert-OH is 2. The summed E-state index contributed by atoms with van der Waals surface area (Å²) in [5, 5.41) is 19.0. The monoisotopic (exact) mass is 358 g/mol. The van der Waals surface area contributed by atoms with Gasteiger partial charge in [0.15, 0.2) is 0 Å². The smallest absolute Gasteiger partial charge is 0.388 e. The molecule has 1 saturated heterocycles. The number of ether oxygens (including phenoxy) is 1. The van der Waals surface area contributed by atoms with E-state index < -0.39 is 58.5 Å². The Morgan fingerprint density at radius 1 is 1.05 bits per heavy atom. The van der Waals surface area contributed by atoms with Crippen LogP contribution in [0.1, 0.15) is 6.42 Å². The lowest BCUT2D eigenvalue weighted by atomic mass is 10.1. The Kier molecular flexibility index (Phi) is 5.67. The highest BCUT2D eigenvalue weighted by Gasteiger charge is 2.55. The molecule has 1 aliphatic heterocycles. The largest absolute Gasteiger partial charge is 0.469 e. The summed E-state index contributed by atoms with van der Waals surface area (Å²) in [6, 6.07) is 0. The number of aliphatic hydroxyl groups is 2. The second kappa shape index (κ2) is 6.25. The second-order valence-electron chi connectivity index (χ2n) is 4.39. The van der Waals surface area contributed by atoms with Crippen molar-refractivity contribution >= 4 is 15.4 Å². The lowest BCUT2D eigenvalue weighted by Gasteiger charge is -2.22. The predicted molar refractivity (Wildman–Crippen MR) is 60.3 cm³/mol. The van der Waals surface area contributed by atoms with Gasteiger partial charge in [-0.25, -0.2) is 4.57 Å². The van der Waals surface area contributed by atoms with E-state index in [9.17, 15) is 28.1 Å². The number of phosphoric acid groups is 1. The van der Waals surface area contributed by atoms with E-state index >= 15 is 0 Å². The van der Waals surface area contributed by atoms with Gasteiger partial charge < -0.3 is 34.5 Å². The van der Waals surface area contributed by atoms with Crippen LogP contribution in [0, 0.1) is 0 Å². The van der Waals surface area contributed by atoms with Crippen LogP contribution in [0.25, 0.3) is 0 Å². The van der Waals surface area contributed by atoms with Crippen molar-refractivity contribution in [3.63, 3.8) is 0 Å². The van der Waals surface area contributed by atoms with Gasteiger partial charge in [-0.3, -0.25) is 9.09 Å². The normalized spacial score (nSPS) is 31.6. The van der Waals surface area contributed by atoms with Crippen molar-refractivity contribution in [3.05, 3.63) is 0 Å². The molecule has 0 aliphatic carbocycles. The Labute approximate surface area is 116 Å². The van der Waals surface area contributed by atoms with E-state index in [0.717, 1.165) is 0 Å². The highest BCUT2D eigenvalue weighted by atomic mass is 31.2. The fraction of sp³-hybridized carbons (Fsp3) is 1.00. The SMILES string of the molecule is O=P(O)(O)OC[C@H]1O[C@H](CC(F)(F)P(=O)(O)O)[C@@H](O)[C@@H]1O. The summed E-state index contributed by atoms with van der Waals surface area (Å²) < 4.78 is 56.2. The van der Waals surface area contributed by atoms with Gasteiger partial charge in [-0.1, -0.05) is 0 Å². The van der Waals surface area contributed by atoms with Crippen LogP contribution in [0.2, 0.25) is 0 Å². The second-order valence-corrected chi connectivity index (χ2v) is 7.38. The highest BCUT2D eigenvalue weighted by molar-refractivity contribution is 7.53. The van der Waals surface area contributed by atoms with E-state index in [0.29, 0.717) is 0 Å². The van der Waals surface area contributed by atoms with Crippen molar-refractivity contribution in [2.45, 2.75) is 36.5 Å². The van der Waals surface area contributed by atoms with E-state index in [1.807, 2.05) is 0 Å². The fourth-order valence-corrected chi connectivity index (χ4v) is 2.42. The molecule has 21 heavy (non-hydrogen) atoms. The molecule has 1 aliphatic rings. The van der Waals surface area contributed by atoms with Crippen LogP contribution in [0.5, 0.6) is 0 Å². The predicted octanol–water partition coefficient (Wildman–Crippen LogP) is -1.25. The van der Waals surface area contributed by atoms with Crippen LogP contribution >= 0.6 is 15.4 Å². The maximum absolute atomic E-state index is 13.2. The Hall–Kier alpha value is -0.0000000000000000971. The quantitative estimate of drug-likeness (QED) is 0.315. The lowest BCUT2D eigenvalue weighted by molar-refractivity contribution is -0.0596. The summed E-state index contributed by atoms with van der Waals surface area (Å²) in [5.74, 6) is 0. The van der Waals surface area contributed by atoms with Crippen LogP contribution in [0.3, 0.4) is 0 Å². The molecule has 126 valence electrons. The molecule has 0 aromatic carbocycles. The summed E-state index contributed by atoms with van der Waals surface area (Å²) in [5.41, 5.74) is -4.49. The van der Waals surface area contributed by atoms with Crippen LogP contribution in [-0.2, 0) is 18.4 Å². The first-order chi connectivity index (χ1) is 9.24. The van der Waals surface area contributed by atoms with Crippen LogP contribution in [0.4, 0.5) is 8.78 Å².